The fraction of sp³-hybridized carbons (Fsp3) is 0.0600. The lowest BCUT2D eigenvalue weighted by atomic mass is 9.82. The highest BCUT2D eigenvalue weighted by Gasteiger charge is 2.35. The van der Waals surface area contributed by atoms with Crippen molar-refractivity contribution in [3.05, 3.63) is 193 Å². The van der Waals surface area contributed by atoms with Gasteiger partial charge in [-0.15, -0.1) is 0 Å². The van der Waals surface area contributed by atoms with E-state index in [-0.39, 0.29) is 5.41 Å². The second-order valence-corrected chi connectivity index (χ2v) is 14.2. The lowest BCUT2D eigenvalue weighted by Gasteiger charge is -2.21. The quantitative estimate of drug-likeness (QED) is 0.176. The molecular weight excluding hydrogens is 643 g/mol. The van der Waals surface area contributed by atoms with Gasteiger partial charge in [0.2, 0.25) is 0 Å². The van der Waals surface area contributed by atoms with Crippen LogP contribution in [0.2, 0.25) is 0 Å². The number of nitrogens with zero attached hydrogens (tertiary/aromatic N) is 3. The standard InChI is InChI=1S/C50H35N3/c1-50(2)45-27-17-33(32-51)29-43(45)44-30-40(26-28-46(44)50)41-15-9-10-16-42(41)49-52-47(38-22-18-36(19-23-38)34-11-5-3-6-12-34)31-48(53-49)39-24-20-37(21-25-39)35-13-7-4-8-14-35/h3-31H,1-2H3. The lowest BCUT2D eigenvalue weighted by molar-refractivity contribution is 0.660. The predicted molar refractivity (Wildman–Crippen MR) is 217 cm³/mol. The van der Waals surface area contributed by atoms with Crippen LogP contribution < -0.4 is 0 Å². The fourth-order valence-corrected chi connectivity index (χ4v) is 7.73. The Hall–Kier alpha value is -6.89. The SMILES string of the molecule is CC1(C)c2ccc(C#N)cc2-c2cc(-c3ccccc3-c3nc(-c4ccc(-c5ccccc5)cc4)cc(-c4ccc(-c5ccccc5)cc4)n3)ccc21. The summed E-state index contributed by atoms with van der Waals surface area (Å²) in [6, 6.07) is 63.8. The average molecular weight is 678 g/mol. The largest absolute Gasteiger partial charge is 0.228 e. The molecule has 0 unspecified atom stereocenters. The highest BCUT2D eigenvalue weighted by molar-refractivity contribution is 5.89. The van der Waals surface area contributed by atoms with Crippen molar-refractivity contribution in [2.24, 2.45) is 0 Å². The van der Waals surface area contributed by atoms with Crippen molar-refractivity contribution in [2.75, 3.05) is 0 Å². The molecule has 0 saturated heterocycles. The van der Waals surface area contributed by atoms with Crippen molar-refractivity contribution in [3.63, 3.8) is 0 Å². The van der Waals surface area contributed by atoms with E-state index < -0.39 is 0 Å². The van der Waals surface area contributed by atoms with Crippen LogP contribution in [-0.4, -0.2) is 9.97 Å². The molecule has 0 spiro atoms. The molecule has 7 aromatic carbocycles. The Kier molecular flexibility index (Phi) is 7.87. The Morgan fingerprint density at radius 1 is 0.396 bits per heavy atom. The zero-order chi connectivity index (χ0) is 35.9. The molecule has 1 aliphatic rings. The summed E-state index contributed by atoms with van der Waals surface area (Å²) in [5.41, 5.74) is 16.9. The maximum absolute atomic E-state index is 9.72. The van der Waals surface area contributed by atoms with E-state index in [9.17, 15) is 5.26 Å². The van der Waals surface area contributed by atoms with Crippen molar-refractivity contribution < 1.29 is 0 Å². The van der Waals surface area contributed by atoms with Crippen molar-refractivity contribution >= 4 is 0 Å². The van der Waals surface area contributed by atoms with Crippen LogP contribution in [0.5, 0.6) is 0 Å². The minimum absolute atomic E-state index is 0.158. The molecule has 3 heteroatoms. The highest BCUT2D eigenvalue weighted by Crippen LogP contribution is 2.50. The summed E-state index contributed by atoms with van der Waals surface area (Å²) in [6.07, 6.45) is 0. The molecule has 0 atom stereocenters. The van der Waals surface area contributed by atoms with Crippen molar-refractivity contribution in [2.45, 2.75) is 19.3 Å². The Bertz CT molecular complexity index is 2570. The van der Waals surface area contributed by atoms with E-state index in [1.807, 2.05) is 24.3 Å². The first-order chi connectivity index (χ1) is 26.0. The van der Waals surface area contributed by atoms with Gasteiger partial charge in [0, 0.05) is 22.1 Å². The molecule has 1 heterocycles. The minimum Gasteiger partial charge on any atom is -0.228 e. The van der Waals surface area contributed by atoms with Gasteiger partial charge in [0.15, 0.2) is 5.82 Å². The Balaban J connectivity index is 1.18. The van der Waals surface area contributed by atoms with Crippen LogP contribution in [0.1, 0.15) is 30.5 Å². The zero-order valence-electron chi connectivity index (χ0n) is 29.6. The smallest absolute Gasteiger partial charge is 0.161 e. The van der Waals surface area contributed by atoms with Crippen LogP contribution in [0.25, 0.3) is 78.4 Å². The summed E-state index contributed by atoms with van der Waals surface area (Å²) in [4.78, 5) is 10.5. The van der Waals surface area contributed by atoms with E-state index in [4.69, 9.17) is 9.97 Å². The van der Waals surface area contributed by atoms with E-state index in [0.29, 0.717) is 11.4 Å². The van der Waals surface area contributed by atoms with Crippen LogP contribution in [-0.2, 0) is 5.41 Å². The van der Waals surface area contributed by atoms with Gasteiger partial charge in [-0.2, -0.15) is 5.26 Å². The normalized spacial score (nSPS) is 12.5. The first-order valence-corrected chi connectivity index (χ1v) is 18.0. The van der Waals surface area contributed by atoms with Crippen LogP contribution in [0.3, 0.4) is 0 Å². The van der Waals surface area contributed by atoms with E-state index in [2.05, 4.69) is 172 Å². The molecule has 250 valence electrons. The Labute approximate surface area is 310 Å². The summed E-state index contributed by atoms with van der Waals surface area (Å²) >= 11 is 0. The van der Waals surface area contributed by atoms with Crippen LogP contribution in [0, 0.1) is 11.3 Å². The average Bonchev–Trinajstić information content (AvgIpc) is 3.46. The Morgan fingerprint density at radius 3 is 1.38 bits per heavy atom. The van der Waals surface area contributed by atoms with Crippen LogP contribution >= 0.6 is 0 Å². The van der Waals surface area contributed by atoms with Gasteiger partial charge < -0.3 is 0 Å². The molecule has 0 aliphatic heterocycles. The molecule has 0 N–H and O–H groups in total. The van der Waals surface area contributed by atoms with Gasteiger partial charge in [0.25, 0.3) is 0 Å². The molecule has 1 aliphatic carbocycles. The third-order valence-electron chi connectivity index (χ3n) is 10.6. The minimum atomic E-state index is -0.158. The van der Waals surface area contributed by atoms with Crippen molar-refractivity contribution in [1.29, 1.82) is 5.26 Å². The monoisotopic (exact) mass is 677 g/mol. The zero-order valence-corrected chi connectivity index (χ0v) is 29.6. The molecule has 0 bridgehead atoms. The first kappa shape index (κ1) is 32.0. The molecule has 0 amide bonds. The van der Waals surface area contributed by atoms with Gasteiger partial charge in [0.1, 0.15) is 0 Å². The second kappa shape index (κ2) is 13.0. The molecule has 0 radical (unpaired) electrons. The molecule has 3 nitrogen and oxygen atoms in total. The van der Waals surface area contributed by atoms with Crippen LogP contribution in [0.15, 0.2) is 176 Å². The van der Waals surface area contributed by atoms with Gasteiger partial charge in [-0.1, -0.05) is 166 Å². The van der Waals surface area contributed by atoms with Crippen molar-refractivity contribution in [1.82, 2.24) is 9.97 Å². The van der Waals surface area contributed by atoms with E-state index in [1.54, 1.807) is 0 Å². The number of nitriles is 1. The molecule has 8 aromatic rings. The first-order valence-electron chi connectivity index (χ1n) is 18.0. The number of fused-ring (bicyclic) bond motifs is 3. The third kappa shape index (κ3) is 5.81. The molecular formula is C50H35N3. The third-order valence-corrected chi connectivity index (χ3v) is 10.6. The number of aromatic nitrogens is 2. The molecule has 0 saturated carbocycles. The second-order valence-electron chi connectivity index (χ2n) is 14.2. The number of hydrogen-bond donors (Lipinski definition) is 0. The number of hydrogen-bond acceptors (Lipinski definition) is 3. The highest BCUT2D eigenvalue weighted by atomic mass is 14.9. The number of rotatable bonds is 6. The predicted octanol–water partition coefficient (Wildman–Crippen LogP) is 12.7. The number of benzene rings is 7. The fourth-order valence-electron chi connectivity index (χ4n) is 7.73. The summed E-state index contributed by atoms with van der Waals surface area (Å²) in [7, 11) is 0. The maximum atomic E-state index is 9.72. The molecule has 53 heavy (non-hydrogen) atoms. The van der Waals surface area contributed by atoms with Crippen LogP contribution in [0.4, 0.5) is 0 Å². The molecule has 9 rings (SSSR count). The van der Waals surface area contributed by atoms with Gasteiger partial charge >= 0.3 is 0 Å². The van der Waals surface area contributed by atoms with Gasteiger partial charge in [0.05, 0.1) is 23.0 Å². The Morgan fingerprint density at radius 2 is 0.830 bits per heavy atom. The van der Waals surface area contributed by atoms with Crippen molar-refractivity contribution in [3.8, 4) is 84.5 Å². The summed E-state index contributed by atoms with van der Waals surface area (Å²) in [5, 5.41) is 9.72. The topological polar surface area (TPSA) is 49.6 Å². The van der Waals surface area contributed by atoms with E-state index in [0.717, 1.165) is 55.9 Å². The molecule has 1 aromatic heterocycles. The van der Waals surface area contributed by atoms with Gasteiger partial charge in [-0.25, -0.2) is 9.97 Å². The van der Waals surface area contributed by atoms with Gasteiger partial charge in [-0.05, 0) is 79.9 Å². The van der Waals surface area contributed by atoms with E-state index in [1.165, 1.54) is 27.8 Å². The maximum Gasteiger partial charge on any atom is 0.161 e. The summed E-state index contributed by atoms with van der Waals surface area (Å²) < 4.78 is 0. The van der Waals surface area contributed by atoms with E-state index >= 15 is 0 Å². The van der Waals surface area contributed by atoms with Gasteiger partial charge in [-0.3, -0.25) is 0 Å². The summed E-state index contributed by atoms with van der Waals surface area (Å²) in [6.45, 7) is 4.52. The summed E-state index contributed by atoms with van der Waals surface area (Å²) in [5.74, 6) is 0.667. The lowest BCUT2D eigenvalue weighted by Crippen LogP contribution is -2.14. The molecule has 0 fully saturated rings.